The standard InChI is InChI=1S/C20H18N2O6/c1-11-17(18(22-20(25)21-11)13-3-5-14(23)6-4-13)19(24)26-9-12-2-7-15-16(8-12)28-10-27-15/h2-8,17-18,23H,1,9-10H2,(H2,21,22,25). The average molecular weight is 382 g/mol. The van der Waals surface area contributed by atoms with E-state index in [9.17, 15) is 14.7 Å². The highest BCUT2D eigenvalue weighted by atomic mass is 16.7. The molecule has 2 aliphatic rings. The summed E-state index contributed by atoms with van der Waals surface area (Å²) in [5.74, 6) is -0.0177. The predicted molar refractivity (Wildman–Crippen MR) is 97.5 cm³/mol. The average Bonchev–Trinajstić information content (AvgIpc) is 3.14. The Balaban J connectivity index is 1.50. The summed E-state index contributed by atoms with van der Waals surface area (Å²) in [7, 11) is 0. The molecule has 1 fully saturated rings. The van der Waals surface area contributed by atoms with Crippen LogP contribution in [0, 0.1) is 5.92 Å². The Kier molecular flexibility index (Phi) is 4.52. The fraction of sp³-hybridized carbons (Fsp3) is 0.200. The van der Waals surface area contributed by atoms with Crippen LogP contribution in [-0.4, -0.2) is 23.9 Å². The van der Waals surface area contributed by atoms with Gasteiger partial charge in [0.15, 0.2) is 11.5 Å². The van der Waals surface area contributed by atoms with Gasteiger partial charge in [0, 0.05) is 5.70 Å². The van der Waals surface area contributed by atoms with Gasteiger partial charge in [0.2, 0.25) is 6.79 Å². The number of amides is 2. The van der Waals surface area contributed by atoms with Crippen LogP contribution in [0.25, 0.3) is 0 Å². The van der Waals surface area contributed by atoms with E-state index in [1.54, 1.807) is 30.3 Å². The van der Waals surface area contributed by atoms with Crippen LogP contribution in [0.1, 0.15) is 17.2 Å². The number of esters is 1. The largest absolute Gasteiger partial charge is 0.508 e. The Morgan fingerprint density at radius 1 is 1.18 bits per heavy atom. The van der Waals surface area contributed by atoms with Gasteiger partial charge in [0.05, 0.1) is 6.04 Å². The minimum atomic E-state index is -0.823. The molecule has 0 aliphatic carbocycles. The summed E-state index contributed by atoms with van der Waals surface area (Å²) in [6.45, 7) is 4.01. The fourth-order valence-corrected chi connectivity index (χ4v) is 3.20. The van der Waals surface area contributed by atoms with E-state index in [0.717, 1.165) is 5.56 Å². The monoisotopic (exact) mass is 382 g/mol. The number of hydrogen-bond donors (Lipinski definition) is 3. The number of rotatable bonds is 4. The molecule has 2 aromatic carbocycles. The van der Waals surface area contributed by atoms with E-state index < -0.39 is 24.0 Å². The minimum absolute atomic E-state index is 0.0372. The third-order valence-corrected chi connectivity index (χ3v) is 4.59. The summed E-state index contributed by atoms with van der Waals surface area (Å²) in [5, 5.41) is 14.7. The van der Waals surface area contributed by atoms with Crippen molar-refractivity contribution in [2.24, 2.45) is 5.92 Å². The Morgan fingerprint density at radius 3 is 2.71 bits per heavy atom. The van der Waals surface area contributed by atoms with E-state index in [4.69, 9.17) is 14.2 Å². The maximum absolute atomic E-state index is 12.8. The van der Waals surface area contributed by atoms with Gasteiger partial charge < -0.3 is 30.0 Å². The maximum atomic E-state index is 12.8. The number of hydrogen-bond acceptors (Lipinski definition) is 6. The molecule has 8 nitrogen and oxygen atoms in total. The molecule has 0 radical (unpaired) electrons. The van der Waals surface area contributed by atoms with Gasteiger partial charge in [0.1, 0.15) is 18.3 Å². The predicted octanol–water partition coefficient (Wildman–Crippen LogP) is 2.35. The van der Waals surface area contributed by atoms with Crippen LogP contribution in [0.2, 0.25) is 0 Å². The first-order valence-corrected chi connectivity index (χ1v) is 8.61. The van der Waals surface area contributed by atoms with E-state index >= 15 is 0 Å². The molecule has 2 heterocycles. The van der Waals surface area contributed by atoms with E-state index in [0.29, 0.717) is 17.1 Å². The van der Waals surface area contributed by atoms with Crippen molar-refractivity contribution in [3.8, 4) is 17.2 Å². The van der Waals surface area contributed by atoms with Crippen LogP contribution in [0.15, 0.2) is 54.7 Å². The number of carbonyl (C=O) groups is 2. The molecule has 4 rings (SSSR count). The first-order chi connectivity index (χ1) is 13.5. The summed E-state index contributed by atoms with van der Waals surface area (Å²) in [4.78, 5) is 24.7. The van der Waals surface area contributed by atoms with Crippen molar-refractivity contribution in [2.45, 2.75) is 12.6 Å². The number of aromatic hydroxyl groups is 1. The van der Waals surface area contributed by atoms with Crippen molar-refractivity contribution in [3.63, 3.8) is 0 Å². The maximum Gasteiger partial charge on any atom is 0.319 e. The van der Waals surface area contributed by atoms with Gasteiger partial charge in [-0.25, -0.2) is 4.79 Å². The lowest BCUT2D eigenvalue weighted by atomic mass is 9.89. The summed E-state index contributed by atoms with van der Waals surface area (Å²) >= 11 is 0. The van der Waals surface area contributed by atoms with Gasteiger partial charge in [-0.15, -0.1) is 0 Å². The third kappa shape index (κ3) is 3.44. The number of urea groups is 1. The van der Waals surface area contributed by atoms with E-state index in [1.807, 2.05) is 0 Å². The molecule has 0 bridgehead atoms. The van der Waals surface area contributed by atoms with Gasteiger partial charge in [-0.05, 0) is 35.4 Å². The van der Waals surface area contributed by atoms with E-state index in [1.165, 1.54) is 12.1 Å². The van der Waals surface area contributed by atoms with Crippen molar-refractivity contribution < 1.29 is 28.9 Å². The van der Waals surface area contributed by atoms with Crippen LogP contribution in [0.3, 0.4) is 0 Å². The molecule has 0 spiro atoms. The van der Waals surface area contributed by atoms with Crippen molar-refractivity contribution in [1.82, 2.24) is 10.6 Å². The topological polar surface area (TPSA) is 106 Å². The third-order valence-electron chi connectivity index (χ3n) is 4.59. The zero-order valence-corrected chi connectivity index (χ0v) is 14.8. The number of fused-ring (bicyclic) bond motifs is 1. The van der Waals surface area contributed by atoms with Gasteiger partial charge in [-0.1, -0.05) is 24.8 Å². The van der Waals surface area contributed by atoms with Crippen LogP contribution in [0.5, 0.6) is 17.2 Å². The van der Waals surface area contributed by atoms with Gasteiger partial charge in [-0.3, -0.25) is 4.79 Å². The number of phenols is 1. The fourth-order valence-electron chi connectivity index (χ4n) is 3.20. The molecule has 0 saturated carbocycles. The second-order valence-corrected chi connectivity index (χ2v) is 6.47. The highest BCUT2D eigenvalue weighted by Gasteiger charge is 2.39. The number of phenolic OH excluding ortho intramolecular Hbond substituents is 1. The smallest absolute Gasteiger partial charge is 0.319 e. The first kappa shape index (κ1) is 17.7. The lowest BCUT2D eigenvalue weighted by molar-refractivity contribution is -0.149. The van der Waals surface area contributed by atoms with Crippen LogP contribution in [-0.2, 0) is 16.1 Å². The number of ether oxygens (including phenoxy) is 3. The Morgan fingerprint density at radius 2 is 1.93 bits per heavy atom. The molecule has 3 N–H and O–H groups in total. The molecule has 2 aromatic rings. The quantitative estimate of drug-likeness (QED) is 0.701. The minimum Gasteiger partial charge on any atom is -0.508 e. The van der Waals surface area contributed by atoms with Crippen molar-refractivity contribution >= 4 is 12.0 Å². The highest BCUT2D eigenvalue weighted by Crippen LogP contribution is 2.34. The lowest BCUT2D eigenvalue weighted by Crippen LogP contribution is -2.51. The Hall–Kier alpha value is -3.68. The molecule has 28 heavy (non-hydrogen) atoms. The number of nitrogens with one attached hydrogen (secondary N) is 2. The van der Waals surface area contributed by atoms with E-state index in [-0.39, 0.29) is 24.8 Å². The zero-order chi connectivity index (χ0) is 19.7. The van der Waals surface area contributed by atoms with Crippen LogP contribution < -0.4 is 20.1 Å². The summed E-state index contributed by atoms with van der Waals surface area (Å²) < 4.78 is 16.1. The van der Waals surface area contributed by atoms with Crippen LogP contribution in [0.4, 0.5) is 4.79 Å². The van der Waals surface area contributed by atoms with E-state index in [2.05, 4.69) is 17.2 Å². The number of carbonyl (C=O) groups excluding carboxylic acids is 2. The zero-order valence-electron chi connectivity index (χ0n) is 14.8. The van der Waals surface area contributed by atoms with Gasteiger partial charge in [-0.2, -0.15) is 0 Å². The van der Waals surface area contributed by atoms with Crippen LogP contribution >= 0.6 is 0 Å². The first-order valence-electron chi connectivity index (χ1n) is 8.61. The SMILES string of the molecule is C=C1NC(=O)NC(c2ccc(O)cc2)C1C(=O)OCc1ccc2c(c1)OCO2. The molecule has 2 atom stereocenters. The Labute approximate surface area is 160 Å². The second-order valence-electron chi connectivity index (χ2n) is 6.47. The molecule has 0 aromatic heterocycles. The lowest BCUT2D eigenvalue weighted by Gasteiger charge is -2.33. The summed E-state index contributed by atoms with van der Waals surface area (Å²) in [6, 6.07) is 10.4. The Bertz CT molecular complexity index is 940. The molecule has 1 saturated heterocycles. The molecular formula is C20H18N2O6. The van der Waals surface area contributed by atoms with Gasteiger partial charge in [0.25, 0.3) is 0 Å². The molecule has 2 amide bonds. The van der Waals surface area contributed by atoms with Crippen molar-refractivity contribution in [3.05, 3.63) is 65.9 Å². The molecule has 144 valence electrons. The molecule has 2 unspecified atom stereocenters. The summed E-state index contributed by atoms with van der Waals surface area (Å²) in [6.07, 6.45) is 0. The normalized spacial score (nSPS) is 20.3. The molecule has 8 heteroatoms. The second kappa shape index (κ2) is 7.15. The molecule has 2 aliphatic heterocycles. The van der Waals surface area contributed by atoms with Gasteiger partial charge >= 0.3 is 12.0 Å². The molecular weight excluding hydrogens is 364 g/mol. The van der Waals surface area contributed by atoms with Crippen molar-refractivity contribution in [1.29, 1.82) is 0 Å². The number of benzene rings is 2. The summed E-state index contributed by atoms with van der Waals surface area (Å²) in [5.41, 5.74) is 1.65. The van der Waals surface area contributed by atoms with Crippen molar-refractivity contribution in [2.75, 3.05) is 6.79 Å². The highest BCUT2D eigenvalue weighted by molar-refractivity contribution is 5.85.